The van der Waals surface area contributed by atoms with E-state index in [4.69, 9.17) is 5.11 Å². The van der Waals surface area contributed by atoms with Crippen LogP contribution in [0.25, 0.3) is 15.5 Å². The predicted octanol–water partition coefficient (Wildman–Crippen LogP) is 3.06. The van der Waals surface area contributed by atoms with E-state index in [9.17, 15) is 4.79 Å². The molecule has 0 amide bonds. The van der Waals surface area contributed by atoms with Crippen molar-refractivity contribution in [1.82, 2.24) is 0 Å². The first-order valence-electron chi connectivity index (χ1n) is 3.64. The third-order valence-electron chi connectivity index (χ3n) is 1.55. The maximum absolute atomic E-state index is 10.2. The second kappa shape index (κ2) is 3.32. The lowest BCUT2D eigenvalue weighted by Crippen LogP contribution is -1.84. The van der Waals surface area contributed by atoms with Gasteiger partial charge < -0.3 is 5.11 Å². The maximum atomic E-state index is 10.2. The molecule has 13 heavy (non-hydrogen) atoms. The molecule has 0 fully saturated rings. The first-order valence-corrected chi connectivity index (χ1v) is 5.33. The summed E-state index contributed by atoms with van der Waals surface area (Å²) >= 11 is 3.28. The Balaban J connectivity index is 2.34. The maximum Gasteiger partial charge on any atom is 0.328 e. The molecule has 2 nitrogen and oxygen atoms in total. The lowest BCUT2D eigenvalue weighted by molar-refractivity contribution is -0.131. The quantitative estimate of drug-likeness (QED) is 0.773. The Hall–Kier alpha value is -1.13. The number of hydrogen-bond donors (Lipinski definition) is 1. The molecule has 0 saturated heterocycles. The van der Waals surface area contributed by atoms with E-state index in [2.05, 4.69) is 0 Å². The van der Waals surface area contributed by atoms with Crippen molar-refractivity contribution in [3.8, 4) is 0 Å². The van der Waals surface area contributed by atoms with Crippen LogP contribution in [0.15, 0.2) is 23.6 Å². The molecule has 2 rings (SSSR count). The Bertz CT molecular complexity index is 436. The molecule has 1 N–H and O–H groups in total. The summed E-state index contributed by atoms with van der Waals surface area (Å²) in [6, 6.07) is 4.05. The number of carboxylic acids is 1. The molecule has 0 aliphatic heterocycles. The van der Waals surface area contributed by atoms with Crippen molar-refractivity contribution in [3.63, 3.8) is 0 Å². The Labute approximate surface area is 82.8 Å². The Morgan fingerprint density at radius 2 is 2.31 bits per heavy atom. The van der Waals surface area contributed by atoms with Crippen molar-refractivity contribution in [2.24, 2.45) is 0 Å². The first kappa shape index (κ1) is 8.47. The fraction of sp³-hybridized carbons (Fsp3) is 0. The van der Waals surface area contributed by atoms with Crippen LogP contribution >= 0.6 is 22.7 Å². The third kappa shape index (κ3) is 1.79. The summed E-state index contributed by atoms with van der Waals surface area (Å²) in [5.74, 6) is -0.906. The summed E-state index contributed by atoms with van der Waals surface area (Å²) < 4.78 is 2.44. The molecule has 0 spiro atoms. The highest BCUT2D eigenvalue weighted by Crippen LogP contribution is 2.30. The van der Waals surface area contributed by atoms with Crippen LogP contribution in [0.2, 0.25) is 0 Å². The van der Waals surface area contributed by atoms with Gasteiger partial charge in [-0.25, -0.2) is 4.79 Å². The summed E-state index contributed by atoms with van der Waals surface area (Å²) in [7, 11) is 0. The molecule has 0 saturated carbocycles. The van der Waals surface area contributed by atoms with E-state index in [-0.39, 0.29) is 0 Å². The van der Waals surface area contributed by atoms with Gasteiger partial charge in [-0.3, -0.25) is 0 Å². The normalized spacial score (nSPS) is 11.4. The molecule has 2 heterocycles. The van der Waals surface area contributed by atoms with E-state index in [1.54, 1.807) is 28.7 Å². The molecule has 0 aliphatic rings. The van der Waals surface area contributed by atoms with Crippen molar-refractivity contribution in [2.75, 3.05) is 0 Å². The van der Waals surface area contributed by atoms with Crippen molar-refractivity contribution in [2.45, 2.75) is 0 Å². The topological polar surface area (TPSA) is 37.3 Å². The summed E-state index contributed by atoms with van der Waals surface area (Å²) in [5.41, 5.74) is 0. The van der Waals surface area contributed by atoms with Gasteiger partial charge in [-0.2, -0.15) is 0 Å². The van der Waals surface area contributed by atoms with Crippen LogP contribution in [0, 0.1) is 0 Å². The summed E-state index contributed by atoms with van der Waals surface area (Å²) in [5, 5.41) is 10.5. The molecule has 0 unspecified atom stereocenters. The highest BCUT2D eigenvalue weighted by molar-refractivity contribution is 7.27. The molecular weight excluding hydrogens is 204 g/mol. The minimum atomic E-state index is -0.906. The number of rotatable bonds is 2. The number of hydrogen-bond acceptors (Lipinski definition) is 3. The molecular formula is C9H6O2S2. The van der Waals surface area contributed by atoms with Gasteiger partial charge in [0.05, 0.1) is 0 Å². The highest BCUT2D eigenvalue weighted by Gasteiger charge is 1.99. The number of fused-ring (bicyclic) bond motifs is 1. The molecule has 2 aromatic rings. The zero-order chi connectivity index (χ0) is 9.26. The van der Waals surface area contributed by atoms with Crippen molar-refractivity contribution >= 4 is 44.1 Å². The monoisotopic (exact) mass is 210 g/mol. The van der Waals surface area contributed by atoms with Gasteiger partial charge in [0, 0.05) is 20.4 Å². The molecule has 0 aromatic carbocycles. The van der Waals surface area contributed by atoms with Crippen LogP contribution in [0.4, 0.5) is 0 Å². The van der Waals surface area contributed by atoms with Crippen LogP contribution in [0.3, 0.4) is 0 Å². The molecule has 0 aliphatic carbocycles. The van der Waals surface area contributed by atoms with Crippen LogP contribution < -0.4 is 0 Å². The van der Waals surface area contributed by atoms with Gasteiger partial charge in [-0.05, 0) is 23.6 Å². The largest absolute Gasteiger partial charge is 0.478 e. The fourth-order valence-corrected chi connectivity index (χ4v) is 3.04. The van der Waals surface area contributed by atoms with Gasteiger partial charge in [0.25, 0.3) is 0 Å². The number of thiophene rings is 2. The van der Waals surface area contributed by atoms with Crippen LogP contribution in [-0.2, 0) is 4.79 Å². The summed E-state index contributed by atoms with van der Waals surface area (Å²) in [4.78, 5) is 11.2. The highest BCUT2D eigenvalue weighted by atomic mass is 32.1. The van der Waals surface area contributed by atoms with Gasteiger partial charge in [0.15, 0.2) is 0 Å². The lowest BCUT2D eigenvalue weighted by Gasteiger charge is -1.79. The second-order valence-electron chi connectivity index (χ2n) is 2.47. The number of aliphatic carboxylic acids is 1. The molecule has 4 heteroatoms. The van der Waals surface area contributed by atoms with E-state index in [0.29, 0.717) is 0 Å². The first-order chi connectivity index (χ1) is 6.25. The minimum absolute atomic E-state index is 0.906. The second-order valence-corrected chi connectivity index (χ2v) is 4.53. The summed E-state index contributed by atoms with van der Waals surface area (Å²) in [6.07, 6.45) is 2.79. The van der Waals surface area contributed by atoms with E-state index >= 15 is 0 Å². The fourth-order valence-electron chi connectivity index (χ4n) is 1.02. The predicted molar refractivity (Wildman–Crippen MR) is 56.4 cm³/mol. The Morgan fingerprint density at radius 3 is 3.00 bits per heavy atom. The third-order valence-corrected chi connectivity index (χ3v) is 3.61. The summed E-state index contributed by atoms with van der Waals surface area (Å²) in [6.45, 7) is 0. The zero-order valence-corrected chi connectivity index (χ0v) is 8.19. The minimum Gasteiger partial charge on any atom is -0.478 e. The average Bonchev–Trinajstić information content (AvgIpc) is 2.58. The Kier molecular flexibility index (Phi) is 2.16. The molecule has 0 radical (unpaired) electrons. The molecule has 66 valence electrons. The van der Waals surface area contributed by atoms with Crippen LogP contribution in [0.1, 0.15) is 4.88 Å². The smallest absolute Gasteiger partial charge is 0.328 e. The Morgan fingerprint density at radius 1 is 1.46 bits per heavy atom. The van der Waals surface area contributed by atoms with Crippen molar-refractivity contribution in [1.29, 1.82) is 0 Å². The van der Waals surface area contributed by atoms with Gasteiger partial charge in [-0.15, -0.1) is 22.7 Å². The molecule has 2 aromatic heterocycles. The SMILES string of the molecule is O=C(O)/C=C/c1cc2sccc2s1. The molecule has 0 bridgehead atoms. The van der Waals surface area contributed by atoms with Crippen LogP contribution in [-0.4, -0.2) is 11.1 Å². The van der Waals surface area contributed by atoms with E-state index in [0.717, 1.165) is 11.0 Å². The van der Waals surface area contributed by atoms with Gasteiger partial charge in [-0.1, -0.05) is 0 Å². The van der Waals surface area contributed by atoms with Gasteiger partial charge in [0.2, 0.25) is 0 Å². The average molecular weight is 210 g/mol. The van der Waals surface area contributed by atoms with E-state index in [1.165, 1.54) is 9.40 Å². The van der Waals surface area contributed by atoms with Crippen molar-refractivity contribution < 1.29 is 9.90 Å². The number of carboxylic acid groups (broad SMARTS) is 1. The molecule has 0 atom stereocenters. The van der Waals surface area contributed by atoms with E-state index in [1.807, 2.05) is 17.5 Å². The zero-order valence-electron chi connectivity index (χ0n) is 6.56. The number of carbonyl (C=O) groups is 1. The van der Waals surface area contributed by atoms with Crippen molar-refractivity contribution in [3.05, 3.63) is 28.5 Å². The standard InChI is InChI=1S/C9H6O2S2/c10-9(11)2-1-6-5-8-7(13-6)3-4-12-8/h1-5H,(H,10,11)/b2-1+. The lowest BCUT2D eigenvalue weighted by atomic mass is 10.4. The van der Waals surface area contributed by atoms with Gasteiger partial charge >= 0.3 is 5.97 Å². The van der Waals surface area contributed by atoms with E-state index < -0.39 is 5.97 Å². The van der Waals surface area contributed by atoms with Crippen LogP contribution in [0.5, 0.6) is 0 Å². The van der Waals surface area contributed by atoms with Gasteiger partial charge in [0.1, 0.15) is 0 Å².